The van der Waals surface area contributed by atoms with E-state index in [1.807, 2.05) is 0 Å². The Kier molecular flexibility index (Phi) is 8.53. The molecule has 0 aliphatic carbocycles. The molecule has 0 amide bonds. The smallest absolute Gasteiger partial charge is 0.547 e. The van der Waals surface area contributed by atoms with Gasteiger partial charge in [-0.2, -0.15) is 0 Å². The summed E-state index contributed by atoms with van der Waals surface area (Å²) >= 11 is 0. The predicted molar refractivity (Wildman–Crippen MR) is 39.8 cm³/mol. The number of aliphatic carboxylic acids is 2. The van der Waals surface area contributed by atoms with Crippen LogP contribution in [0, 0.1) is 0 Å². The average Bonchev–Trinajstić information content (AvgIpc) is 2.12. The second kappa shape index (κ2) is 7.34. The van der Waals surface area contributed by atoms with E-state index in [0.29, 0.717) is 0 Å². The fourth-order valence-electron chi connectivity index (χ4n) is 0.652. The van der Waals surface area contributed by atoms with E-state index in [1.54, 1.807) is 0 Å². The van der Waals surface area contributed by atoms with Crippen molar-refractivity contribution in [2.45, 2.75) is 24.4 Å². The number of rotatable bonds is 5. The van der Waals surface area contributed by atoms with E-state index in [2.05, 4.69) is 0 Å². The summed E-state index contributed by atoms with van der Waals surface area (Å²) in [6.45, 7) is 0. The summed E-state index contributed by atoms with van der Waals surface area (Å²) in [4.78, 5) is 19.9. The second-order valence-electron chi connectivity index (χ2n) is 2.51. The third kappa shape index (κ3) is 5.07. The van der Waals surface area contributed by atoms with Gasteiger partial charge < -0.3 is 40.2 Å². The molecule has 0 aromatic carbocycles. The van der Waals surface area contributed by atoms with Crippen molar-refractivity contribution in [3.63, 3.8) is 0 Å². The molecule has 0 unspecified atom stereocenters. The first-order valence-corrected chi connectivity index (χ1v) is 3.43. The van der Waals surface area contributed by atoms with Gasteiger partial charge in [-0.3, -0.25) is 0 Å². The van der Waals surface area contributed by atoms with Crippen molar-refractivity contribution < 1.29 is 40.2 Å². The number of carboxylic acids is 2. The van der Waals surface area contributed by atoms with Crippen LogP contribution in [0.4, 0.5) is 0 Å². The third-order valence-corrected chi connectivity index (χ3v) is 1.48. The first-order chi connectivity index (χ1) is 6.29. The Bertz CT molecular complexity index is 207. The quantitative estimate of drug-likeness (QED) is 0.349. The number of carbonyl (C=O) groups excluding carboxylic acids is 2. The first kappa shape index (κ1) is 17.4. The number of carbonyl (C=O) groups is 2. The number of hydrogen-bond acceptors (Lipinski definition) is 8. The summed E-state index contributed by atoms with van der Waals surface area (Å²) in [5, 5.41) is 54.7. The SMILES string of the molecule is O=C([O-])[C@H](O)[C@H](O)[C@@H](O)[C@@H](O)C(=O)[O-].[Ca+2]. The molecule has 0 aliphatic heterocycles. The summed E-state index contributed by atoms with van der Waals surface area (Å²) in [7, 11) is 0. The molecular formula is C6H8CaO8. The van der Waals surface area contributed by atoms with E-state index in [0.717, 1.165) is 0 Å². The van der Waals surface area contributed by atoms with Crippen LogP contribution in [0.2, 0.25) is 0 Å². The molecule has 82 valence electrons. The largest absolute Gasteiger partial charge is 2.00 e. The summed E-state index contributed by atoms with van der Waals surface area (Å²) in [6.07, 6.45) is -9.76. The maximum atomic E-state index is 9.96. The molecular weight excluding hydrogens is 240 g/mol. The molecule has 0 bridgehead atoms. The Morgan fingerprint density at radius 3 is 1.13 bits per heavy atom. The number of aliphatic hydroxyl groups is 4. The van der Waals surface area contributed by atoms with E-state index in [9.17, 15) is 19.8 Å². The van der Waals surface area contributed by atoms with Crippen molar-refractivity contribution in [1.82, 2.24) is 0 Å². The van der Waals surface area contributed by atoms with Gasteiger partial charge in [0.15, 0.2) is 0 Å². The van der Waals surface area contributed by atoms with Gasteiger partial charge in [0, 0.05) is 0 Å². The molecule has 0 spiro atoms. The fourth-order valence-corrected chi connectivity index (χ4v) is 0.652. The Morgan fingerprint density at radius 1 is 0.800 bits per heavy atom. The van der Waals surface area contributed by atoms with Gasteiger partial charge in [0.2, 0.25) is 0 Å². The number of hydrogen-bond donors (Lipinski definition) is 4. The molecule has 0 radical (unpaired) electrons. The zero-order valence-corrected chi connectivity index (χ0v) is 9.65. The molecule has 15 heavy (non-hydrogen) atoms. The Balaban J connectivity index is 0. The maximum Gasteiger partial charge on any atom is 2.00 e. The summed E-state index contributed by atoms with van der Waals surface area (Å²) in [5.74, 6) is -4.22. The van der Waals surface area contributed by atoms with E-state index in [1.165, 1.54) is 0 Å². The number of carboxylic acid groups (broad SMARTS) is 2. The summed E-state index contributed by atoms with van der Waals surface area (Å²) in [5.41, 5.74) is 0. The van der Waals surface area contributed by atoms with Crippen LogP contribution in [-0.4, -0.2) is 94.5 Å². The minimum Gasteiger partial charge on any atom is -0.547 e. The topological polar surface area (TPSA) is 161 Å². The van der Waals surface area contributed by atoms with Gasteiger partial charge >= 0.3 is 37.7 Å². The van der Waals surface area contributed by atoms with E-state index >= 15 is 0 Å². The summed E-state index contributed by atoms with van der Waals surface area (Å²) < 4.78 is 0. The van der Waals surface area contributed by atoms with Crippen molar-refractivity contribution in [3.05, 3.63) is 0 Å². The minimum atomic E-state index is -2.50. The van der Waals surface area contributed by atoms with E-state index in [4.69, 9.17) is 20.4 Å². The van der Waals surface area contributed by atoms with Gasteiger partial charge in [0.05, 0.1) is 11.9 Å². The predicted octanol–water partition coefficient (Wildman–Crippen LogP) is -6.45. The summed E-state index contributed by atoms with van der Waals surface area (Å²) in [6, 6.07) is 0. The van der Waals surface area contributed by atoms with Crippen LogP contribution in [0.15, 0.2) is 0 Å². The average molecular weight is 248 g/mol. The zero-order valence-electron chi connectivity index (χ0n) is 7.44. The van der Waals surface area contributed by atoms with Crippen LogP contribution in [0.1, 0.15) is 0 Å². The molecule has 8 nitrogen and oxygen atoms in total. The van der Waals surface area contributed by atoms with Gasteiger partial charge in [0.1, 0.15) is 24.4 Å². The minimum absolute atomic E-state index is 0. The van der Waals surface area contributed by atoms with Crippen molar-refractivity contribution in [1.29, 1.82) is 0 Å². The molecule has 0 rings (SSSR count). The Labute approximate surface area is 114 Å². The van der Waals surface area contributed by atoms with Gasteiger partial charge in [-0.25, -0.2) is 0 Å². The van der Waals surface area contributed by atoms with E-state index < -0.39 is 36.4 Å². The van der Waals surface area contributed by atoms with Crippen molar-refractivity contribution >= 4 is 49.7 Å². The molecule has 0 aromatic rings. The molecule has 0 saturated heterocycles. The molecule has 0 fully saturated rings. The first-order valence-electron chi connectivity index (χ1n) is 3.43. The maximum absolute atomic E-state index is 9.96. The van der Waals surface area contributed by atoms with E-state index in [-0.39, 0.29) is 37.7 Å². The molecule has 4 atom stereocenters. The molecule has 0 aromatic heterocycles. The van der Waals surface area contributed by atoms with Crippen LogP contribution in [0.25, 0.3) is 0 Å². The third-order valence-electron chi connectivity index (χ3n) is 1.48. The van der Waals surface area contributed by atoms with Crippen LogP contribution in [0.3, 0.4) is 0 Å². The second-order valence-corrected chi connectivity index (χ2v) is 2.51. The molecule has 0 saturated carbocycles. The van der Waals surface area contributed by atoms with Crippen molar-refractivity contribution in [2.75, 3.05) is 0 Å². The van der Waals surface area contributed by atoms with Gasteiger partial charge in [-0.15, -0.1) is 0 Å². The normalized spacial score (nSPS) is 18.1. The van der Waals surface area contributed by atoms with Crippen LogP contribution in [0.5, 0.6) is 0 Å². The van der Waals surface area contributed by atoms with Crippen LogP contribution in [-0.2, 0) is 9.59 Å². The van der Waals surface area contributed by atoms with Crippen molar-refractivity contribution in [3.8, 4) is 0 Å². The number of aliphatic hydroxyl groups excluding tert-OH is 4. The van der Waals surface area contributed by atoms with Gasteiger partial charge in [-0.1, -0.05) is 0 Å². The fraction of sp³-hybridized carbons (Fsp3) is 0.667. The molecule has 4 N–H and O–H groups in total. The molecule has 9 heteroatoms. The van der Waals surface area contributed by atoms with Gasteiger partial charge in [0.25, 0.3) is 0 Å². The van der Waals surface area contributed by atoms with Crippen LogP contribution >= 0.6 is 0 Å². The monoisotopic (exact) mass is 248 g/mol. The molecule has 0 heterocycles. The van der Waals surface area contributed by atoms with Crippen molar-refractivity contribution in [2.24, 2.45) is 0 Å². The zero-order chi connectivity index (χ0) is 11.5. The standard InChI is InChI=1S/C6H10O8.Ca/c7-1(3(9)5(11)12)2(8)4(10)6(13)14;/h1-4,7-10H,(H,11,12)(H,13,14);/q;+2/p-2/t1-,2-,3-,4-;/m1./s1. The van der Waals surface area contributed by atoms with Gasteiger partial charge in [-0.05, 0) is 0 Å². The Morgan fingerprint density at radius 2 is 1.00 bits per heavy atom. The van der Waals surface area contributed by atoms with Crippen LogP contribution < -0.4 is 10.2 Å². The molecule has 0 aliphatic rings. The Hall–Kier alpha value is 0.0397.